The molecule has 2 atom stereocenters. The van der Waals surface area contributed by atoms with E-state index in [0.717, 1.165) is 18.8 Å². The summed E-state index contributed by atoms with van der Waals surface area (Å²) in [7, 11) is 0. The Morgan fingerprint density at radius 2 is 1.88 bits per heavy atom. The Morgan fingerprint density at radius 3 is 2.50 bits per heavy atom. The molecule has 0 aromatic heterocycles. The van der Waals surface area contributed by atoms with Crippen LogP contribution >= 0.6 is 11.8 Å². The summed E-state index contributed by atoms with van der Waals surface area (Å²) in [6.07, 6.45) is 0. The van der Waals surface area contributed by atoms with Gasteiger partial charge < -0.3 is 10.6 Å². The second-order valence-corrected chi connectivity index (χ2v) is 6.61. The zero-order valence-corrected chi connectivity index (χ0v) is 11.1. The van der Waals surface area contributed by atoms with Crippen LogP contribution in [0.3, 0.4) is 0 Å². The molecule has 0 amide bonds. The third-order valence-corrected chi connectivity index (χ3v) is 4.17. The quantitative estimate of drug-likeness (QED) is 0.760. The predicted molar refractivity (Wildman–Crippen MR) is 74.3 cm³/mol. The second-order valence-electron chi connectivity index (χ2n) is 4.72. The Bertz CT molecular complexity index is 368. The third-order valence-electron chi connectivity index (χ3n) is 2.95. The van der Waals surface area contributed by atoms with E-state index in [1.807, 2.05) is 6.07 Å². The van der Waals surface area contributed by atoms with Crippen molar-refractivity contribution in [3.05, 3.63) is 23.8 Å². The van der Waals surface area contributed by atoms with Gasteiger partial charge in [-0.3, -0.25) is 0 Å². The SMILES string of the molecule is Cc1ccc(N)c(N2CC(C)SC(C)C2)c1. The van der Waals surface area contributed by atoms with E-state index in [0.29, 0.717) is 10.5 Å². The normalized spacial score (nSPS) is 25.8. The van der Waals surface area contributed by atoms with E-state index >= 15 is 0 Å². The van der Waals surface area contributed by atoms with Crippen molar-refractivity contribution in [3.8, 4) is 0 Å². The van der Waals surface area contributed by atoms with E-state index in [2.05, 4.69) is 49.6 Å². The fourth-order valence-corrected chi connectivity index (χ4v) is 3.63. The van der Waals surface area contributed by atoms with Gasteiger partial charge in [-0.15, -0.1) is 0 Å². The molecule has 0 radical (unpaired) electrons. The van der Waals surface area contributed by atoms with Crippen LogP contribution in [0.5, 0.6) is 0 Å². The molecule has 0 aliphatic carbocycles. The summed E-state index contributed by atoms with van der Waals surface area (Å²) in [6, 6.07) is 6.29. The molecule has 1 heterocycles. The van der Waals surface area contributed by atoms with Crippen molar-refractivity contribution in [2.75, 3.05) is 23.7 Å². The van der Waals surface area contributed by atoms with Crippen LogP contribution in [0.25, 0.3) is 0 Å². The molecule has 1 aliphatic heterocycles. The van der Waals surface area contributed by atoms with Crippen LogP contribution in [0.1, 0.15) is 19.4 Å². The fraction of sp³-hybridized carbons (Fsp3) is 0.538. The first-order valence-electron chi connectivity index (χ1n) is 5.83. The molecular weight excluding hydrogens is 216 g/mol. The monoisotopic (exact) mass is 236 g/mol. The number of nitrogens with two attached hydrogens (primary N) is 1. The number of aryl methyl sites for hydroxylation is 1. The number of benzene rings is 1. The maximum absolute atomic E-state index is 6.06. The smallest absolute Gasteiger partial charge is 0.0603 e. The molecule has 1 fully saturated rings. The lowest BCUT2D eigenvalue weighted by molar-refractivity contribution is 0.729. The van der Waals surface area contributed by atoms with E-state index < -0.39 is 0 Å². The number of hydrogen-bond donors (Lipinski definition) is 1. The summed E-state index contributed by atoms with van der Waals surface area (Å²) in [6.45, 7) is 8.90. The minimum Gasteiger partial charge on any atom is -0.397 e. The maximum Gasteiger partial charge on any atom is 0.0603 e. The van der Waals surface area contributed by atoms with Crippen molar-refractivity contribution in [1.82, 2.24) is 0 Å². The lowest BCUT2D eigenvalue weighted by atomic mass is 10.1. The molecular formula is C13H20N2S. The van der Waals surface area contributed by atoms with Gasteiger partial charge >= 0.3 is 0 Å². The topological polar surface area (TPSA) is 29.3 Å². The van der Waals surface area contributed by atoms with Gasteiger partial charge in [-0.25, -0.2) is 0 Å². The zero-order chi connectivity index (χ0) is 11.7. The molecule has 1 aliphatic rings. The van der Waals surface area contributed by atoms with Crippen molar-refractivity contribution in [1.29, 1.82) is 0 Å². The van der Waals surface area contributed by atoms with E-state index in [4.69, 9.17) is 5.73 Å². The van der Waals surface area contributed by atoms with Crippen LogP contribution in [-0.4, -0.2) is 23.6 Å². The summed E-state index contributed by atoms with van der Waals surface area (Å²) < 4.78 is 0. The molecule has 88 valence electrons. The van der Waals surface area contributed by atoms with Crippen molar-refractivity contribution >= 4 is 23.1 Å². The Hall–Kier alpha value is -0.830. The number of hydrogen-bond acceptors (Lipinski definition) is 3. The van der Waals surface area contributed by atoms with Gasteiger partial charge in [-0.2, -0.15) is 11.8 Å². The number of anilines is 2. The van der Waals surface area contributed by atoms with E-state index in [-0.39, 0.29) is 0 Å². The number of rotatable bonds is 1. The molecule has 1 saturated heterocycles. The number of nitrogens with zero attached hydrogens (tertiary/aromatic N) is 1. The lowest BCUT2D eigenvalue weighted by Crippen LogP contribution is -2.40. The summed E-state index contributed by atoms with van der Waals surface area (Å²) in [5.41, 5.74) is 9.45. The van der Waals surface area contributed by atoms with Crippen molar-refractivity contribution < 1.29 is 0 Å². The van der Waals surface area contributed by atoms with Crippen molar-refractivity contribution in [3.63, 3.8) is 0 Å². The van der Waals surface area contributed by atoms with Gasteiger partial charge in [0, 0.05) is 23.6 Å². The zero-order valence-electron chi connectivity index (χ0n) is 10.2. The Balaban J connectivity index is 2.25. The van der Waals surface area contributed by atoms with E-state index in [1.165, 1.54) is 11.3 Å². The Labute approximate surface area is 102 Å². The lowest BCUT2D eigenvalue weighted by Gasteiger charge is -2.37. The van der Waals surface area contributed by atoms with Crippen LogP contribution in [0.4, 0.5) is 11.4 Å². The highest BCUT2D eigenvalue weighted by atomic mass is 32.2. The molecule has 0 bridgehead atoms. The molecule has 2 nitrogen and oxygen atoms in total. The Morgan fingerprint density at radius 1 is 1.25 bits per heavy atom. The van der Waals surface area contributed by atoms with Gasteiger partial charge in [0.1, 0.15) is 0 Å². The molecule has 2 unspecified atom stereocenters. The van der Waals surface area contributed by atoms with E-state index in [1.54, 1.807) is 0 Å². The third kappa shape index (κ3) is 2.46. The molecule has 1 aromatic rings. The van der Waals surface area contributed by atoms with Gasteiger partial charge in [0.25, 0.3) is 0 Å². The minimum absolute atomic E-state index is 0.684. The maximum atomic E-state index is 6.06. The van der Waals surface area contributed by atoms with Gasteiger partial charge in [0.2, 0.25) is 0 Å². The largest absolute Gasteiger partial charge is 0.397 e. The highest BCUT2D eigenvalue weighted by Crippen LogP contribution is 2.32. The van der Waals surface area contributed by atoms with Gasteiger partial charge in [0.05, 0.1) is 11.4 Å². The van der Waals surface area contributed by atoms with Crippen LogP contribution < -0.4 is 10.6 Å². The van der Waals surface area contributed by atoms with Gasteiger partial charge in [0.15, 0.2) is 0 Å². The first kappa shape index (κ1) is 11.6. The molecule has 2 N–H and O–H groups in total. The number of nitrogen functional groups attached to an aromatic ring is 1. The Kier molecular flexibility index (Phi) is 3.33. The first-order valence-corrected chi connectivity index (χ1v) is 6.77. The van der Waals surface area contributed by atoms with Crippen molar-refractivity contribution in [2.45, 2.75) is 31.3 Å². The summed E-state index contributed by atoms with van der Waals surface area (Å²) in [5.74, 6) is 0. The molecule has 3 heteroatoms. The molecule has 1 aromatic carbocycles. The summed E-state index contributed by atoms with van der Waals surface area (Å²) in [4.78, 5) is 2.42. The highest BCUT2D eigenvalue weighted by Gasteiger charge is 2.23. The average Bonchev–Trinajstić information content (AvgIpc) is 2.20. The van der Waals surface area contributed by atoms with Crippen molar-refractivity contribution in [2.24, 2.45) is 0 Å². The summed E-state index contributed by atoms with van der Waals surface area (Å²) >= 11 is 2.07. The molecule has 0 saturated carbocycles. The van der Waals surface area contributed by atoms with E-state index in [9.17, 15) is 0 Å². The molecule has 16 heavy (non-hydrogen) atoms. The fourth-order valence-electron chi connectivity index (χ4n) is 2.30. The molecule has 2 rings (SSSR count). The molecule has 0 spiro atoms. The second kappa shape index (κ2) is 4.58. The van der Waals surface area contributed by atoms with Crippen LogP contribution in [0, 0.1) is 6.92 Å². The summed E-state index contributed by atoms with van der Waals surface area (Å²) in [5, 5.41) is 1.37. The van der Waals surface area contributed by atoms with Crippen LogP contribution in [-0.2, 0) is 0 Å². The minimum atomic E-state index is 0.684. The number of thioether (sulfide) groups is 1. The van der Waals surface area contributed by atoms with Gasteiger partial charge in [-0.05, 0) is 24.6 Å². The highest BCUT2D eigenvalue weighted by molar-refractivity contribution is 8.00. The van der Waals surface area contributed by atoms with Gasteiger partial charge in [-0.1, -0.05) is 19.9 Å². The van der Waals surface area contributed by atoms with Crippen LogP contribution in [0.15, 0.2) is 18.2 Å². The standard InChI is InChI=1S/C13H20N2S/c1-9-4-5-12(14)13(6-9)15-7-10(2)16-11(3)8-15/h4-6,10-11H,7-8,14H2,1-3H3. The first-order chi connectivity index (χ1) is 7.56. The van der Waals surface area contributed by atoms with Crippen LogP contribution in [0.2, 0.25) is 0 Å². The predicted octanol–water partition coefficient (Wildman–Crippen LogP) is 2.91. The average molecular weight is 236 g/mol.